The van der Waals surface area contributed by atoms with Crippen LogP contribution in [0.25, 0.3) is 0 Å². The molecule has 0 saturated carbocycles. The number of ketones is 1. The van der Waals surface area contributed by atoms with Gasteiger partial charge >= 0.3 is 0 Å². The molecule has 1 atom stereocenters. The molecule has 0 radical (unpaired) electrons. The summed E-state index contributed by atoms with van der Waals surface area (Å²) in [5.74, 6) is 0.195. The number of pyridine rings is 2. The van der Waals surface area contributed by atoms with Crippen molar-refractivity contribution >= 4 is 5.78 Å². The lowest BCUT2D eigenvalue weighted by Crippen LogP contribution is -2.27. The molecule has 130 valence electrons. The van der Waals surface area contributed by atoms with E-state index in [-0.39, 0.29) is 11.3 Å². The van der Waals surface area contributed by atoms with E-state index in [0.29, 0.717) is 17.0 Å². The molecule has 1 aliphatic rings. The summed E-state index contributed by atoms with van der Waals surface area (Å²) in [4.78, 5) is 32.6. The van der Waals surface area contributed by atoms with Gasteiger partial charge in [-0.05, 0) is 60.9 Å². The third-order valence-electron chi connectivity index (χ3n) is 5.28. The monoisotopic (exact) mass is 344 g/mol. The number of aromatic nitrogens is 2. The van der Waals surface area contributed by atoms with Gasteiger partial charge in [0.2, 0.25) is 0 Å². The highest BCUT2D eigenvalue weighted by atomic mass is 16.1. The minimum absolute atomic E-state index is 0.189. The molecule has 2 aromatic heterocycles. The highest BCUT2D eigenvalue weighted by molar-refractivity contribution is 6.09. The van der Waals surface area contributed by atoms with E-state index in [9.17, 15) is 9.59 Å². The van der Waals surface area contributed by atoms with Crippen molar-refractivity contribution in [1.82, 2.24) is 9.97 Å². The number of nitrogens with zero attached hydrogens (tertiary/aromatic N) is 1. The quantitative estimate of drug-likeness (QED) is 0.739. The Morgan fingerprint density at radius 2 is 1.81 bits per heavy atom. The first-order valence-corrected chi connectivity index (χ1v) is 8.89. The van der Waals surface area contributed by atoms with Crippen LogP contribution >= 0.6 is 0 Å². The van der Waals surface area contributed by atoms with Crippen LogP contribution in [0.3, 0.4) is 0 Å². The molecule has 4 nitrogen and oxygen atoms in total. The molecule has 1 aliphatic carbocycles. The first-order chi connectivity index (χ1) is 12.6. The summed E-state index contributed by atoms with van der Waals surface area (Å²) in [6.45, 7) is 1.92. The number of benzene rings is 1. The molecule has 1 N–H and O–H groups in total. The Bertz CT molecular complexity index is 1010. The van der Waals surface area contributed by atoms with E-state index in [2.05, 4.69) is 9.97 Å². The summed E-state index contributed by atoms with van der Waals surface area (Å²) >= 11 is 0. The third-order valence-corrected chi connectivity index (χ3v) is 5.28. The highest BCUT2D eigenvalue weighted by Gasteiger charge is 2.28. The number of nitrogens with one attached hydrogen (secondary N) is 1. The average molecular weight is 344 g/mol. The number of H-pyrrole nitrogens is 1. The van der Waals surface area contributed by atoms with Gasteiger partial charge in [-0.2, -0.15) is 0 Å². The average Bonchev–Trinajstić information content (AvgIpc) is 2.69. The van der Waals surface area contributed by atoms with E-state index >= 15 is 0 Å². The van der Waals surface area contributed by atoms with Crippen molar-refractivity contribution in [2.45, 2.75) is 32.1 Å². The first kappa shape index (κ1) is 16.5. The van der Waals surface area contributed by atoms with Gasteiger partial charge < -0.3 is 4.98 Å². The lowest BCUT2D eigenvalue weighted by atomic mass is 9.78. The van der Waals surface area contributed by atoms with E-state index in [1.54, 1.807) is 12.1 Å². The number of carbonyl (C=O) groups excluding carboxylic acids is 1. The molecule has 1 unspecified atom stereocenters. The maximum atomic E-state index is 13.0. The zero-order valence-corrected chi connectivity index (χ0v) is 14.7. The zero-order chi connectivity index (χ0) is 18.1. The second-order valence-corrected chi connectivity index (χ2v) is 6.83. The van der Waals surface area contributed by atoms with Crippen LogP contribution in [0.4, 0.5) is 0 Å². The van der Waals surface area contributed by atoms with E-state index in [1.807, 2.05) is 49.6 Å². The van der Waals surface area contributed by atoms with Gasteiger partial charge in [-0.25, -0.2) is 0 Å². The Morgan fingerprint density at radius 3 is 2.54 bits per heavy atom. The van der Waals surface area contributed by atoms with Crippen LogP contribution in [0, 0.1) is 6.92 Å². The SMILES string of the molecule is Cc1[nH]c(=O)c(C(=O)c2ccccc2)c2c1CC(c1ccncc1)CC2. The molecule has 1 aromatic carbocycles. The number of aryl methyl sites for hydroxylation is 1. The number of hydrogen-bond donors (Lipinski definition) is 1. The Labute approximate surface area is 151 Å². The summed E-state index contributed by atoms with van der Waals surface area (Å²) < 4.78 is 0. The van der Waals surface area contributed by atoms with Gasteiger partial charge in [0.05, 0.1) is 5.56 Å². The van der Waals surface area contributed by atoms with Crippen LogP contribution in [0.15, 0.2) is 59.7 Å². The molecule has 0 bridgehead atoms. The summed E-state index contributed by atoms with van der Waals surface area (Å²) in [5, 5.41) is 0. The van der Waals surface area contributed by atoms with E-state index in [0.717, 1.165) is 36.1 Å². The summed E-state index contributed by atoms with van der Waals surface area (Å²) in [5.41, 5.74) is 4.74. The number of aromatic amines is 1. The fraction of sp³-hybridized carbons (Fsp3) is 0.227. The van der Waals surface area contributed by atoms with Gasteiger partial charge in [-0.1, -0.05) is 30.3 Å². The molecule has 0 saturated heterocycles. The van der Waals surface area contributed by atoms with Gasteiger partial charge in [0.15, 0.2) is 5.78 Å². The van der Waals surface area contributed by atoms with E-state index < -0.39 is 0 Å². The lowest BCUT2D eigenvalue weighted by Gasteiger charge is -2.27. The Morgan fingerprint density at radius 1 is 1.08 bits per heavy atom. The number of fused-ring (bicyclic) bond motifs is 1. The molecular weight excluding hydrogens is 324 g/mol. The molecule has 0 aliphatic heterocycles. The molecule has 0 amide bonds. The van der Waals surface area contributed by atoms with Gasteiger partial charge in [0, 0.05) is 23.7 Å². The predicted molar refractivity (Wildman–Crippen MR) is 101 cm³/mol. The van der Waals surface area contributed by atoms with E-state index in [1.165, 1.54) is 5.56 Å². The Kier molecular flexibility index (Phi) is 4.25. The van der Waals surface area contributed by atoms with Crippen molar-refractivity contribution < 1.29 is 4.79 Å². The summed E-state index contributed by atoms with van der Waals surface area (Å²) in [6, 6.07) is 13.1. The van der Waals surface area contributed by atoms with Crippen molar-refractivity contribution in [2.24, 2.45) is 0 Å². The van der Waals surface area contributed by atoms with Crippen molar-refractivity contribution in [2.75, 3.05) is 0 Å². The number of rotatable bonds is 3. The fourth-order valence-electron chi connectivity index (χ4n) is 3.94. The maximum absolute atomic E-state index is 13.0. The van der Waals surface area contributed by atoms with Gasteiger partial charge in [0.25, 0.3) is 5.56 Å². The molecule has 0 fully saturated rings. The molecule has 2 heterocycles. The maximum Gasteiger partial charge on any atom is 0.259 e. The minimum Gasteiger partial charge on any atom is -0.326 e. The zero-order valence-electron chi connectivity index (χ0n) is 14.7. The van der Waals surface area contributed by atoms with Gasteiger partial charge in [-0.3, -0.25) is 14.6 Å². The van der Waals surface area contributed by atoms with Gasteiger partial charge in [-0.15, -0.1) is 0 Å². The second kappa shape index (κ2) is 6.71. The molecule has 0 spiro atoms. The lowest BCUT2D eigenvalue weighted by molar-refractivity contribution is 0.103. The fourth-order valence-corrected chi connectivity index (χ4v) is 3.94. The summed E-state index contributed by atoms with van der Waals surface area (Å²) in [7, 11) is 0. The molecule has 4 heteroatoms. The Balaban J connectivity index is 1.78. The largest absolute Gasteiger partial charge is 0.326 e. The topological polar surface area (TPSA) is 62.8 Å². The van der Waals surface area contributed by atoms with Crippen LogP contribution in [0.1, 0.15) is 50.6 Å². The standard InChI is InChI=1S/C22H20N2O2/c1-14-19-13-17(15-9-11-23-12-10-15)7-8-18(19)20(22(26)24-14)21(25)16-5-3-2-4-6-16/h2-6,9-12,17H,7-8,13H2,1H3,(H,24,26). The highest BCUT2D eigenvalue weighted by Crippen LogP contribution is 2.34. The molecular formula is C22H20N2O2. The van der Waals surface area contributed by atoms with Gasteiger partial charge in [0.1, 0.15) is 0 Å². The van der Waals surface area contributed by atoms with Crippen LogP contribution in [-0.2, 0) is 12.8 Å². The first-order valence-electron chi connectivity index (χ1n) is 8.89. The second-order valence-electron chi connectivity index (χ2n) is 6.83. The minimum atomic E-state index is -0.280. The Hall–Kier alpha value is -3.01. The molecule has 3 aromatic rings. The number of hydrogen-bond acceptors (Lipinski definition) is 3. The summed E-state index contributed by atoms with van der Waals surface area (Å²) in [6.07, 6.45) is 6.12. The van der Waals surface area contributed by atoms with Crippen molar-refractivity contribution in [1.29, 1.82) is 0 Å². The smallest absolute Gasteiger partial charge is 0.259 e. The molecule has 4 rings (SSSR count). The predicted octanol–water partition coefficient (Wildman–Crippen LogP) is 3.58. The van der Waals surface area contributed by atoms with Crippen LogP contribution in [0.5, 0.6) is 0 Å². The van der Waals surface area contributed by atoms with Crippen molar-refractivity contribution in [3.8, 4) is 0 Å². The van der Waals surface area contributed by atoms with Crippen LogP contribution in [0.2, 0.25) is 0 Å². The molecule has 26 heavy (non-hydrogen) atoms. The number of carbonyl (C=O) groups is 1. The van der Waals surface area contributed by atoms with Crippen LogP contribution < -0.4 is 5.56 Å². The van der Waals surface area contributed by atoms with Crippen molar-refractivity contribution in [3.05, 3.63) is 98.7 Å². The van der Waals surface area contributed by atoms with Crippen LogP contribution in [-0.4, -0.2) is 15.8 Å². The normalized spacial score (nSPS) is 16.1. The van der Waals surface area contributed by atoms with Crippen molar-refractivity contribution in [3.63, 3.8) is 0 Å². The van der Waals surface area contributed by atoms with E-state index in [4.69, 9.17) is 0 Å². The third kappa shape index (κ3) is 2.88.